The van der Waals surface area contributed by atoms with Crippen LogP contribution in [0, 0.1) is 5.82 Å². The number of halogens is 3. The summed E-state index contributed by atoms with van der Waals surface area (Å²) in [6.45, 7) is 0. The molecule has 2 rings (SSSR count). The van der Waals surface area contributed by atoms with Crippen LogP contribution < -0.4 is 0 Å². The number of ketones is 1. The second-order valence-corrected chi connectivity index (χ2v) is 4.48. The SMILES string of the molecule is O=C(Cc1cc(F)ccc1Cl)c1ncccc1Cl. The number of carbonyl (C=O) groups excluding carboxylic acids is 1. The largest absolute Gasteiger partial charge is 0.292 e. The molecule has 5 heteroatoms. The molecule has 0 aliphatic rings. The number of aromatic nitrogens is 1. The highest BCUT2D eigenvalue weighted by atomic mass is 35.5. The molecule has 0 fully saturated rings. The van der Waals surface area contributed by atoms with Crippen LogP contribution in [-0.2, 0) is 6.42 Å². The lowest BCUT2D eigenvalue weighted by Crippen LogP contribution is -2.07. The number of hydrogen-bond acceptors (Lipinski definition) is 2. The van der Waals surface area contributed by atoms with Crippen LogP contribution in [0.2, 0.25) is 10.0 Å². The molecule has 0 atom stereocenters. The molecule has 0 aliphatic heterocycles. The van der Waals surface area contributed by atoms with Gasteiger partial charge in [-0.05, 0) is 35.9 Å². The summed E-state index contributed by atoms with van der Waals surface area (Å²) in [5, 5.41) is 0.617. The Morgan fingerprint density at radius 2 is 2.00 bits per heavy atom. The van der Waals surface area contributed by atoms with Crippen molar-refractivity contribution in [3.8, 4) is 0 Å². The number of Topliss-reactive ketones (excluding diaryl/α,β-unsaturated/α-hetero) is 1. The van der Waals surface area contributed by atoms with E-state index in [1.54, 1.807) is 12.1 Å². The zero-order valence-corrected chi connectivity index (χ0v) is 10.7. The standard InChI is InChI=1S/C13H8Cl2FNO/c14-10-4-3-9(16)6-8(10)7-12(18)13-11(15)2-1-5-17-13/h1-6H,7H2. The van der Waals surface area contributed by atoms with Gasteiger partial charge in [0, 0.05) is 17.6 Å². The zero-order chi connectivity index (χ0) is 13.1. The minimum absolute atomic E-state index is 0.0344. The van der Waals surface area contributed by atoms with Gasteiger partial charge in [-0.15, -0.1) is 0 Å². The van der Waals surface area contributed by atoms with Crippen LogP contribution in [0.1, 0.15) is 16.1 Å². The Bertz CT molecular complexity index is 601. The van der Waals surface area contributed by atoms with Crippen molar-refractivity contribution in [3.63, 3.8) is 0 Å². The zero-order valence-electron chi connectivity index (χ0n) is 9.16. The molecule has 0 N–H and O–H groups in total. The van der Waals surface area contributed by atoms with E-state index in [-0.39, 0.29) is 22.9 Å². The maximum Gasteiger partial charge on any atom is 0.187 e. The molecule has 0 radical (unpaired) electrons. The van der Waals surface area contributed by atoms with Crippen LogP contribution in [0.3, 0.4) is 0 Å². The highest BCUT2D eigenvalue weighted by molar-refractivity contribution is 6.34. The van der Waals surface area contributed by atoms with Crippen molar-refractivity contribution in [3.05, 3.63) is 63.6 Å². The van der Waals surface area contributed by atoms with E-state index in [2.05, 4.69) is 4.98 Å². The molecule has 0 unspecified atom stereocenters. The molecule has 92 valence electrons. The molecular formula is C13H8Cl2FNO. The number of benzene rings is 1. The van der Waals surface area contributed by atoms with Gasteiger partial charge in [-0.3, -0.25) is 9.78 Å². The van der Waals surface area contributed by atoms with Crippen LogP contribution >= 0.6 is 23.2 Å². The third-order valence-corrected chi connectivity index (χ3v) is 3.06. The van der Waals surface area contributed by atoms with E-state index in [9.17, 15) is 9.18 Å². The molecule has 18 heavy (non-hydrogen) atoms. The predicted molar refractivity (Wildman–Crippen MR) is 68.7 cm³/mol. The number of pyridine rings is 1. The summed E-state index contributed by atoms with van der Waals surface area (Å²) in [5.74, 6) is -0.734. The van der Waals surface area contributed by atoms with E-state index in [4.69, 9.17) is 23.2 Å². The third kappa shape index (κ3) is 2.86. The molecule has 0 aliphatic carbocycles. The first-order chi connectivity index (χ1) is 8.58. The van der Waals surface area contributed by atoms with Gasteiger partial charge in [0.05, 0.1) is 5.02 Å². The number of carbonyl (C=O) groups is 1. The van der Waals surface area contributed by atoms with Crippen LogP contribution in [0.4, 0.5) is 4.39 Å². The van der Waals surface area contributed by atoms with Gasteiger partial charge in [0.2, 0.25) is 0 Å². The minimum Gasteiger partial charge on any atom is -0.292 e. The Kier molecular flexibility index (Phi) is 3.94. The molecule has 2 aromatic rings. The lowest BCUT2D eigenvalue weighted by atomic mass is 10.1. The average molecular weight is 284 g/mol. The fraction of sp³-hybridized carbons (Fsp3) is 0.0769. The molecule has 1 aromatic heterocycles. The Morgan fingerprint density at radius 1 is 1.22 bits per heavy atom. The fourth-order valence-corrected chi connectivity index (χ4v) is 1.94. The summed E-state index contributed by atoms with van der Waals surface area (Å²) in [7, 11) is 0. The van der Waals surface area contributed by atoms with E-state index in [1.165, 1.54) is 24.4 Å². The molecule has 1 aromatic carbocycles. The third-order valence-electron chi connectivity index (χ3n) is 2.38. The second-order valence-electron chi connectivity index (χ2n) is 3.67. The summed E-state index contributed by atoms with van der Waals surface area (Å²) in [6.07, 6.45) is 1.44. The molecule has 0 saturated heterocycles. The average Bonchev–Trinajstić information content (AvgIpc) is 2.34. The van der Waals surface area contributed by atoms with Gasteiger partial charge in [-0.2, -0.15) is 0 Å². The van der Waals surface area contributed by atoms with Gasteiger partial charge >= 0.3 is 0 Å². The van der Waals surface area contributed by atoms with E-state index >= 15 is 0 Å². The quantitative estimate of drug-likeness (QED) is 0.799. The van der Waals surface area contributed by atoms with Gasteiger partial charge < -0.3 is 0 Å². The van der Waals surface area contributed by atoms with Crippen molar-refractivity contribution in [2.45, 2.75) is 6.42 Å². The number of nitrogens with zero attached hydrogens (tertiary/aromatic N) is 1. The molecule has 1 heterocycles. The second kappa shape index (κ2) is 5.46. The van der Waals surface area contributed by atoms with Gasteiger partial charge in [-0.25, -0.2) is 4.39 Å². The smallest absolute Gasteiger partial charge is 0.187 e. The first-order valence-electron chi connectivity index (χ1n) is 5.15. The van der Waals surface area contributed by atoms with Crippen LogP contribution in [0.25, 0.3) is 0 Å². The van der Waals surface area contributed by atoms with Crippen molar-refractivity contribution in [2.75, 3.05) is 0 Å². The molecule has 0 amide bonds. The fourth-order valence-electron chi connectivity index (χ4n) is 1.53. The molecule has 0 spiro atoms. The van der Waals surface area contributed by atoms with Crippen molar-refractivity contribution >= 4 is 29.0 Å². The normalized spacial score (nSPS) is 10.4. The molecule has 2 nitrogen and oxygen atoms in total. The van der Waals surface area contributed by atoms with Gasteiger partial charge in [0.1, 0.15) is 11.5 Å². The Hall–Kier alpha value is -1.45. The topological polar surface area (TPSA) is 30.0 Å². The minimum atomic E-state index is -0.436. The summed E-state index contributed by atoms with van der Waals surface area (Å²) >= 11 is 11.8. The van der Waals surface area contributed by atoms with Crippen molar-refractivity contribution < 1.29 is 9.18 Å². The Balaban J connectivity index is 2.27. The highest BCUT2D eigenvalue weighted by Crippen LogP contribution is 2.20. The first-order valence-corrected chi connectivity index (χ1v) is 5.91. The van der Waals surface area contributed by atoms with Gasteiger partial charge in [0.15, 0.2) is 5.78 Å². The number of hydrogen-bond donors (Lipinski definition) is 0. The van der Waals surface area contributed by atoms with E-state index in [1.807, 2.05) is 0 Å². The van der Waals surface area contributed by atoms with Crippen LogP contribution in [-0.4, -0.2) is 10.8 Å². The van der Waals surface area contributed by atoms with Crippen molar-refractivity contribution in [2.24, 2.45) is 0 Å². The monoisotopic (exact) mass is 283 g/mol. The maximum atomic E-state index is 13.1. The summed E-state index contributed by atoms with van der Waals surface area (Å²) in [5.41, 5.74) is 0.586. The molecule has 0 bridgehead atoms. The molecular weight excluding hydrogens is 276 g/mol. The number of rotatable bonds is 3. The lowest BCUT2D eigenvalue weighted by molar-refractivity contribution is 0.0988. The summed E-state index contributed by atoms with van der Waals surface area (Å²) in [6, 6.07) is 7.10. The van der Waals surface area contributed by atoms with Crippen LogP contribution in [0.5, 0.6) is 0 Å². The highest BCUT2D eigenvalue weighted by Gasteiger charge is 2.14. The first kappa shape index (κ1) is 13.0. The van der Waals surface area contributed by atoms with E-state index in [0.29, 0.717) is 10.6 Å². The molecule has 0 saturated carbocycles. The predicted octanol–water partition coefficient (Wildman–Crippen LogP) is 3.95. The summed E-state index contributed by atoms with van der Waals surface area (Å²) in [4.78, 5) is 15.9. The van der Waals surface area contributed by atoms with Gasteiger partial charge in [0.25, 0.3) is 0 Å². The lowest BCUT2D eigenvalue weighted by Gasteiger charge is -2.04. The van der Waals surface area contributed by atoms with Crippen molar-refractivity contribution in [1.29, 1.82) is 0 Å². The van der Waals surface area contributed by atoms with E-state index in [0.717, 1.165) is 0 Å². The van der Waals surface area contributed by atoms with E-state index < -0.39 is 5.82 Å². The Morgan fingerprint density at radius 3 is 2.72 bits per heavy atom. The van der Waals surface area contributed by atoms with Crippen molar-refractivity contribution in [1.82, 2.24) is 4.98 Å². The van der Waals surface area contributed by atoms with Gasteiger partial charge in [-0.1, -0.05) is 23.2 Å². The van der Waals surface area contributed by atoms with Crippen LogP contribution in [0.15, 0.2) is 36.5 Å². The summed E-state index contributed by atoms with van der Waals surface area (Å²) < 4.78 is 13.1. The Labute approximate surface area is 113 Å². The maximum absolute atomic E-state index is 13.1.